The highest BCUT2D eigenvalue weighted by molar-refractivity contribution is 5.92. The molecule has 0 aliphatic rings. The lowest BCUT2D eigenvalue weighted by Gasteiger charge is -2.11. The summed E-state index contributed by atoms with van der Waals surface area (Å²) in [4.78, 5) is 11.0. The molecule has 0 radical (unpaired) electrons. The minimum atomic E-state index is -4.48. The van der Waals surface area contributed by atoms with Crippen LogP contribution in [-0.2, 0) is 6.18 Å². The lowest BCUT2D eigenvalue weighted by Crippen LogP contribution is -2.10. The molecule has 0 aliphatic carbocycles. The maximum atomic E-state index is 12.7. The number of amides is 1. The molecule has 0 bridgehead atoms. The van der Waals surface area contributed by atoms with Gasteiger partial charge in [-0.1, -0.05) is 0 Å². The average molecular weight is 285 g/mol. The first kappa shape index (κ1) is 13.9. The number of H-pyrrole nitrogens is 1. The Morgan fingerprint density at radius 1 is 1.35 bits per heavy atom. The number of nitrogens with zero attached hydrogens (tertiary/aromatic N) is 1. The molecule has 0 atom stereocenters. The number of carbonyl (C=O) groups is 1. The van der Waals surface area contributed by atoms with E-state index in [1.807, 2.05) is 0 Å². The molecule has 1 heterocycles. The van der Waals surface area contributed by atoms with Crippen LogP contribution in [0, 0.1) is 0 Å². The Morgan fingerprint density at radius 3 is 2.55 bits per heavy atom. The number of hydrogen-bond acceptors (Lipinski definition) is 3. The first-order valence-electron chi connectivity index (χ1n) is 5.43. The van der Waals surface area contributed by atoms with Crippen LogP contribution in [0.4, 0.5) is 13.2 Å². The van der Waals surface area contributed by atoms with Crippen LogP contribution < -0.4 is 10.5 Å². The molecule has 8 heteroatoms. The molecule has 0 unspecified atom stereocenters. The summed E-state index contributed by atoms with van der Waals surface area (Å²) < 4.78 is 43.1. The maximum Gasteiger partial charge on any atom is 0.416 e. The molecular formula is C12H10F3N3O2. The molecule has 0 aliphatic heterocycles. The van der Waals surface area contributed by atoms with E-state index in [9.17, 15) is 18.0 Å². The van der Waals surface area contributed by atoms with Crippen molar-refractivity contribution in [2.45, 2.75) is 6.18 Å². The molecule has 1 amide bonds. The van der Waals surface area contributed by atoms with E-state index in [1.54, 1.807) is 0 Å². The Bertz CT molecular complexity index is 650. The largest absolute Gasteiger partial charge is 0.496 e. The third kappa shape index (κ3) is 2.58. The van der Waals surface area contributed by atoms with Gasteiger partial charge in [-0.3, -0.25) is 9.89 Å². The van der Waals surface area contributed by atoms with Crippen molar-refractivity contribution in [3.05, 3.63) is 35.5 Å². The predicted octanol–water partition coefficient (Wildman–Crippen LogP) is 2.20. The van der Waals surface area contributed by atoms with Crippen molar-refractivity contribution in [3.63, 3.8) is 0 Å². The van der Waals surface area contributed by atoms with Crippen LogP contribution in [0.1, 0.15) is 16.1 Å². The quantitative estimate of drug-likeness (QED) is 0.907. The zero-order chi connectivity index (χ0) is 14.9. The Labute approximate surface area is 111 Å². The smallest absolute Gasteiger partial charge is 0.416 e. The molecule has 0 fully saturated rings. The number of alkyl halides is 3. The molecule has 5 nitrogen and oxygen atoms in total. The Balaban J connectivity index is 2.55. The normalized spacial score (nSPS) is 11.4. The molecule has 20 heavy (non-hydrogen) atoms. The van der Waals surface area contributed by atoms with Crippen LogP contribution in [-0.4, -0.2) is 23.2 Å². The average Bonchev–Trinajstić information content (AvgIpc) is 2.86. The minimum Gasteiger partial charge on any atom is -0.496 e. The third-order valence-electron chi connectivity index (χ3n) is 2.65. The van der Waals surface area contributed by atoms with Crippen molar-refractivity contribution in [2.75, 3.05) is 7.11 Å². The van der Waals surface area contributed by atoms with Gasteiger partial charge in [0.15, 0.2) is 0 Å². The second-order valence-corrected chi connectivity index (χ2v) is 3.94. The van der Waals surface area contributed by atoms with E-state index in [0.29, 0.717) is 0 Å². The summed E-state index contributed by atoms with van der Waals surface area (Å²) in [7, 11) is 1.33. The van der Waals surface area contributed by atoms with E-state index in [-0.39, 0.29) is 22.7 Å². The molecule has 106 valence electrons. The summed E-state index contributed by atoms with van der Waals surface area (Å²) in [6.07, 6.45) is -4.48. The van der Waals surface area contributed by atoms with Gasteiger partial charge in [0.25, 0.3) is 5.91 Å². The summed E-state index contributed by atoms with van der Waals surface area (Å²) in [5.41, 5.74) is 4.47. The fourth-order valence-corrected chi connectivity index (χ4v) is 1.67. The van der Waals surface area contributed by atoms with Gasteiger partial charge in [-0.15, -0.1) is 0 Å². The Hall–Kier alpha value is -2.51. The standard InChI is InChI=1S/C12H10F3N3O2/c1-20-10-3-2-6(12(13,14)15)4-7(10)8-5-9(11(16)19)18-17-8/h2-5H,1H3,(H2,16,19)(H,17,18). The summed E-state index contributed by atoms with van der Waals surface area (Å²) in [6.45, 7) is 0. The zero-order valence-corrected chi connectivity index (χ0v) is 10.3. The SMILES string of the molecule is COc1ccc(C(F)(F)F)cc1-c1cc(C(N)=O)[nH]n1. The van der Waals surface area contributed by atoms with Gasteiger partial charge in [0.05, 0.1) is 18.4 Å². The van der Waals surface area contributed by atoms with Crippen LogP contribution in [0.2, 0.25) is 0 Å². The van der Waals surface area contributed by atoms with Crippen molar-refractivity contribution in [2.24, 2.45) is 5.73 Å². The third-order valence-corrected chi connectivity index (χ3v) is 2.65. The number of nitrogens with one attached hydrogen (secondary N) is 1. The zero-order valence-electron chi connectivity index (χ0n) is 10.3. The van der Waals surface area contributed by atoms with Crippen molar-refractivity contribution < 1.29 is 22.7 Å². The van der Waals surface area contributed by atoms with Crippen LogP contribution >= 0.6 is 0 Å². The molecule has 0 saturated carbocycles. The van der Waals surface area contributed by atoms with Gasteiger partial charge in [-0.25, -0.2) is 0 Å². The van der Waals surface area contributed by atoms with Crippen LogP contribution in [0.5, 0.6) is 5.75 Å². The second-order valence-electron chi connectivity index (χ2n) is 3.94. The number of nitrogens with two attached hydrogens (primary N) is 1. The summed E-state index contributed by atoms with van der Waals surface area (Å²) in [5, 5.41) is 6.12. The number of benzene rings is 1. The fourth-order valence-electron chi connectivity index (χ4n) is 1.67. The summed E-state index contributed by atoms with van der Waals surface area (Å²) >= 11 is 0. The predicted molar refractivity (Wildman–Crippen MR) is 64.1 cm³/mol. The van der Waals surface area contributed by atoms with E-state index in [4.69, 9.17) is 10.5 Å². The van der Waals surface area contributed by atoms with E-state index in [2.05, 4.69) is 10.2 Å². The second kappa shape index (κ2) is 4.87. The van der Waals surface area contributed by atoms with E-state index >= 15 is 0 Å². The fraction of sp³-hybridized carbons (Fsp3) is 0.167. The van der Waals surface area contributed by atoms with Crippen LogP contribution in [0.25, 0.3) is 11.3 Å². The maximum absolute atomic E-state index is 12.7. The van der Waals surface area contributed by atoms with Crippen LogP contribution in [0.15, 0.2) is 24.3 Å². The Kier molecular flexibility index (Phi) is 3.39. The number of ether oxygens (including phenoxy) is 1. The summed E-state index contributed by atoms with van der Waals surface area (Å²) in [6, 6.07) is 4.26. The number of aromatic nitrogens is 2. The number of methoxy groups -OCH3 is 1. The van der Waals surface area contributed by atoms with Gasteiger partial charge >= 0.3 is 6.18 Å². The van der Waals surface area contributed by atoms with Gasteiger partial charge in [0, 0.05) is 5.56 Å². The molecule has 3 N–H and O–H groups in total. The molecular weight excluding hydrogens is 275 g/mol. The first-order chi connectivity index (χ1) is 9.32. The van der Waals surface area contributed by atoms with Gasteiger partial charge < -0.3 is 10.5 Å². The van der Waals surface area contributed by atoms with Gasteiger partial charge in [-0.2, -0.15) is 18.3 Å². The minimum absolute atomic E-state index is 0.000496. The van der Waals surface area contributed by atoms with Crippen molar-refractivity contribution in [3.8, 4) is 17.0 Å². The molecule has 2 aromatic rings. The van der Waals surface area contributed by atoms with Crippen LogP contribution in [0.3, 0.4) is 0 Å². The number of halogens is 3. The van der Waals surface area contributed by atoms with E-state index in [1.165, 1.54) is 19.2 Å². The molecule has 2 rings (SSSR count). The molecule has 0 spiro atoms. The highest BCUT2D eigenvalue weighted by atomic mass is 19.4. The lowest BCUT2D eigenvalue weighted by molar-refractivity contribution is -0.137. The van der Waals surface area contributed by atoms with Gasteiger partial charge in [-0.05, 0) is 24.3 Å². The Morgan fingerprint density at radius 2 is 2.05 bits per heavy atom. The monoisotopic (exact) mass is 285 g/mol. The lowest BCUT2D eigenvalue weighted by atomic mass is 10.1. The number of aromatic amines is 1. The highest BCUT2D eigenvalue weighted by Gasteiger charge is 2.31. The van der Waals surface area contributed by atoms with Gasteiger partial charge in [0.1, 0.15) is 11.4 Å². The summed E-state index contributed by atoms with van der Waals surface area (Å²) in [5.74, 6) is -0.546. The topological polar surface area (TPSA) is 81.0 Å². The van der Waals surface area contributed by atoms with Gasteiger partial charge in [0.2, 0.25) is 0 Å². The molecule has 1 aromatic heterocycles. The number of primary amides is 1. The van der Waals surface area contributed by atoms with Crippen molar-refractivity contribution in [1.29, 1.82) is 0 Å². The first-order valence-corrected chi connectivity index (χ1v) is 5.43. The number of hydrogen-bond donors (Lipinski definition) is 2. The van der Waals surface area contributed by atoms with E-state index < -0.39 is 17.6 Å². The van der Waals surface area contributed by atoms with E-state index in [0.717, 1.165) is 12.1 Å². The highest BCUT2D eigenvalue weighted by Crippen LogP contribution is 2.36. The molecule has 1 aromatic carbocycles. The molecule has 0 saturated heterocycles. The van der Waals surface area contributed by atoms with Crippen molar-refractivity contribution in [1.82, 2.24) is 10.2 Å². The number of carbonyl (C=O) groups excluding carboxylic acids is 1. The van der Waals surface area contributed by atoms with Crippen molar-refractivity contribution >= 4 is 5.91 Å². The number of rotatable bonds is 3.